The van der Waals surface area contributed by atoms with Crippen LogP contribution in [-0.2, 0) is 14.3 Å². The largest absolute Gasteiger partial charge is 1.00 e. The van der Waals surface area contributed by atoms with Crippen LogP contribution in [0.5, 0.6) is 0 Å². The number of ether oxygens (including phenoxy) is 1. The van der Waals surface area contributed by atoms with E-state index in [1.165, 1.54) is 0 Å². The summed E-state index contributed by atoms with van der Waals surface area (Å²) >= 11 is 0. The van der Waals surface area contributed by atoms with Crippen LogP contribution in [0.15, 0.2) is 4.99 Å². The van der Waals surface area contributed by atoms with E-state index in [-0.39, 0.29) is 29.6 Å². The third kappa shape index (κ3) is 2.08. The number of nitrogens with one attached hydrogen (secondary N) is 1. The molecule has 0 saturated carbocycles. The zero-order chi connectivity index (χ0) is 10.2. The maximum atomic E-state index is 11.5. The molecule has 2 amide bonds. The molecule has 76 valence electrons. The maximum Gasteiger partial charge on any atom is 1.00 e. The number of aliphatic imine (C=N–C) groups is 1. The third-order valence-electron chi connectivity index (χ3n) is 2.61. The fraction of sp³-hybridized carbons (Fsp3) is 0.625. The summed E-state index contributed by atoms with van der Waals surface area (Å²) in [5.74, 6) is -1.17. The SMILES string of the molecule is O=C1N=C([O-])NC(=O)C12CCOCC2.[Na+]. The first kappa shape index (κ1) is 12.6. The topological polar surface area (TPSA) is 90.8 Å². The first-order valence-electron chi connectivity index (χ1n) is 4.34. The quantitative estimate of drug-likeness (QED) is 0.327. The van der Waals surface area contributed by atoms with Crippen LogP contribution >= 0.6 is 0 Å². The van der Waals surface area contributed by atoms with E-state index in [4.69, 9.17) is 4.74 Å². The van der Waals surface area contributed by atoms with Crippen molar-refractivity contribution in [3.63, 3.8) is 0 Å². The summed E-state index contributed by atoms with van der Waals surface area (Å²) in [6, 6.07) is -0.864. The number of carbonyl (C=O) groups is 2. The molecule has 0 aromatic heterocycles. The maximum absolute atomic E-state index is 11.5. The molecule has 2 rings (SSSR count). The molecule has 0 aromatic carbocycles. The monoisotopic (exact) mass is 220 g/mol. The van der Waals surface area contributed by atoms with E-state index in [9.17, 15) is 14.7 Å². The van der Waals surface area contributed by atoms with Gasteiger partial charge in [0.05, 0.1) is 6.02 Å². The number of amidine groups is 1. The number of hydrogen-bond donors (Lipinski definition) is 1. The molecule has 1 spiro atoms. The van der Waals surface area contributed by atoms with Gasteiger partial charge in [0, 0.05) is 13.2 Å². The molecule has 0 atom stereocenters. The summed E-state index contributed by atoms with van der Waals surface area (Å²) in [7, 11) is 0. The number of amides is 2. The molecule has 0 aromatic rings. The average Bonchev–Trinajstić information content (AvgIpc) is 2.16. The molecule has 0 bridgehead atoms. The summed E-state index contributed by atoms with van der Waals surface area (Å²) in [6.07, 6.45) is 0.600. The summed E-state index contributed by atoms with van der Waals surface area (Å²) in [6.45, 7) is 0.700. The molecule has 0 aliphatic carbocycles. The van der Waals surface area contributed by atoms with Crippen LogP contribution in [0.4, 0.5) is 0 Å². The molecule has 15 heavy (non-hydrogen) atoms. The minimum absolute atomic E-state index is 0. The molecular weight excluding hydrogens is 211 g/mol. The second-order valence-corrected chi connectivity index (χ2v) is 3.37. The predicted molar refractivity (Wildman–Crippen MR) is 43.1 cm³/mol. The molecule has 0 unspecified atom stereocenters. The second kappa shape index (κ2) is 4.61. The van der Waals surface area contributed by atoms with Gasteiger partial charge >= 0.3 is 29.6 Å². The Morgan fingerprint density at radius 3 is 2.47 bits per heavy atom. The van der Waals surface area contributed by atoms with Crippen molar-refractivity contribution in [3.05, 3.63) is 0 Å². The van der Waals surface area contributed by atoms with Crippen LogP contribution in [0.1, 0.15) is 12.8 Å². The van der Waals surface area contributed by atoms with Gasteiger partial charge in [-0.2, -0.15) is 0 Å². The Morgan fingerprint density at radius 1 is 1.33 bits per heavy atom. The molecule has 0 radical (unpaired) electrons. The summed E-state index contributed by atoms with van der Waals surface area (Å²) in [4.78, 5) is 26.3. The molecule has 2 heterocycles. The molecule has 6 nitrogen and oxygen atoms in total. The van der Waals surface area contributed by atoms with Gasteiger partial charge in [0.2, 0.25) is 5.91 Å². The number of nitrogens with zero attached hydrogens (tertiary/aromatic N) is 1. The van der Waals surface area contributed by atoms with E-state index in [0.717, 1.165) is 0 Å². The summed E-state index contributed by atoms with van der Waals surface area (Å²) in [5.41, 5.74) is -1.15. The molecule has 1 fully saturated rings. The van der Waals surface area contributed by atoms with Crippen molar-refractivity contribution < 1.29 is 49.0 Å². The fourth-order valence-electron chi connectivity index (χ4n) is 1.70. The molecule has 2 aliphatic heterocycles. The number of rotatable bonds is 0. The van der Waals surface area contributed by atoms with E-state index in [0.29, 0.717) is 26.1 Å². The van der Waals surface area contributed by atoms with Gasteiger partial charge in [-0.3, -0.25) is 9.59 Å². The Hall–Kier alpha value is -0.430. The Balaban J connectivity index is 0.00000112. The van der Waals surface area contributed by atoms with E-state index in [2.05, 4.69) is 4.99 Å². The van der Waals surface area contributed by atoms with Crippen LogP contribution in [-0.4, -0.2) is 31.0 Å². The zero-order valence-electron chi connectivity index (χ0n) is 8.41. The standard InChI is InChI=1S/C8H10N2O4.Na/c11-5-8(1-3-14-4-2-8)6(12)10-7(13)9-5;/h1-4H2,(H2,9,10,11,12,13);/q;+1/p-1. The number of hydrogen-bond acceptors (Lipinski definition) is 4. The Morgan fingerprint density at radius 2 is 1.93 bits per heavy atom. The van der Waals surface area contributed by atoms with Gasteiger partial charge in [-0.25, -0.2) is 4.99 Å². The zero-order valence-corrected chi connectivity index (χ0v) is 10.4. The predicted octanol–water partition coefficient (Wildman–Crippen LogP) is -4.84. The van der Waals surface area contributed by atoms with Crippen molar-refractivity contribution in [3.8, 4) is 0 Å². The molecular formula is C8H9N2NaO4. The fourth-order valence-corrected chi connectivity index (χ4v) is 1.70. The summed E-state index contributed by atoms with van der Waals surface area (Å²) < 4.78 is 5.06. The molecule has 1 N–H and O–H groups in total. The van der Waals surface area contributed by atoms with Gasteiger partial charge in [0.25, 0.3) is 5.91 Å². The van der Waals surface area contributed by atoms with Crippen LogP contribution in [0.3, 0.4) is 0 Å². The minimum Gasteiger partial charge on any atom is -0.846 e. The van der Waals surface area contributed by atoms with E-state index in [1.807, 2.05) is 5.32 Å². The van der Waals surface area contributed by atoms with Crippen LogP contribution in [0.25, 0.3) is 0 Å². The molecule has 1 saturated heterocycles. The molecule has 2 aliphatic rings. The van der Waals surface area contributed by atoms with Crippen molar-refractivity contribution in [2.24, 2.45) is 10.4 Å². The Kier molecular flexibility index (Phi) is 3.88. The molecule has 7 heteroatoms. The minimum atomic E-state index is -1.15. The van der Waals surface area contributed by atoms with Crippen LogP contribution in [0.2, 0.25) is 0 Å². The second-order valence-electron chi connectivity index (χ2n) is 3.37. The van der Waals surface area contributed by atoms with E-state index >= 15 is 0 Å². The first-order valence-corrected chi connectivity index (χ1v) is 4.34. The van der Waals surface area contributed by atoms with Gasteiger partial charge in [0.1, 0.15) is 5.41 Å². The van der Waals surface area contributed by atoms with Crippen molar-refractivity contribution in [1.29, 1.82) is 0 Å². The van der Waals surface area contributed by atoms with Crippen molar-refractivity contribution in [1.82, 2.24) is 5.32 Å². The van der Waals surface area contributed by atoms with Gasteiger partial charge < -0.3 is 15.2 Å². The van der Waals surface area contributed by atoms with Crippen LogP contribution in [0, 0.1) is 5.41 Å². The van der Waals surface area contributed by atoms with Gasteiger partial charge in [-0.15, -0.1) is 0 Å². The van der Waals surface area contributed by atoms with Crippen molar-refractivity contribution in [2.45, 2.75) is 12.8 Å². The normalized spacial score (nSPS) is 24.1. The van der Waals surface area contributed by atoms with Crippen molar-refractivity contribution in [2.75, 3.05) is 13.2 Å². The Bertz CT molecular complexity index is 323. The van der Waals surface area contributed by atoms with E-state index < -0.39 is 23.3 Å². The average molecular weight is 220 g/mol. The van der Waals surface area contributed by atoms with Gasteiger partial charge in [-0.05, 0) is 12.8 Å². The Labute approximate surface area is 108 Å². The smallest absolute Gasteiger partial charge is 0.846 e. The van der Waals surface area contributed by atoms with Gasteiger partial charge in [0.15, 0.2) is 0 Å². The first-order chi connectivity index (χ1) is 6.65. The third-order valence-corrected chi connectivity index (χ3v) is 2.61. The van der Waals surface area contributed by atoms with Crippen LogP contribution < -0.4 is 40.0 Å². The van der Waals surface area contributed by atoms with Gasteiger partial charge in [-0.1, -0.05) is 0 Å². The van der Waals surface area contributed by atoms with Crippen molar-refractivity contribution >= 4 is 17.8 Å². The summed E-state index contributed by atoms with van der Waals surface area (Å²) in [5, 5.41) is 12.8. The number of carbonyl (C=O) groups excluding carboxylic acids is 2. The van der Waals surface area contributed by atoms with E-state index in [1.54, 1.807) is 0 Å².